The van der Waals surface area contributed by atoms with Gasteiger partial charge in [0.15, 0.2) is 0 Å². The maximum Gasteiger partial charge on any atom is 0.0885 e. The van der Waals surface area contributed by atoms with Crippen LogP contribution in [0.5, 0.6) is 0 Å². The van der Waals surface area contributed by atoms with E-state index >= 15 is 0 Å². The van der Waals surface area contributed by atoms with Crippen LogP contribution >= 0.6 is 31.9 Å². The monoisotopic (exact) mass is 352 g/mol. The molecule has 0 aliphatic rings. The summed E-state index contributed by atoms with van der Waals surface area (Å²) >= 11 is 7.54. The molecule has 2 aromatic rings. The van der Waals surface area contributed by atoms with Crippen molar-refractivity contribution in [1.82, 2.24) is 0 Å². The van der Waals surface area contributed by atoms with Crippen molar-refractivity contribution in [2.24, 2.45) is 0 Å². The van der Waals surface area contributed by atoms with Gasteiger partial charge in [-0.05, 0) is 24.0 Å². The molecule has 0 aliphatic heterocycles. The summed E-state index contributed by atoms with van der Waals surface area (Å²) < 4.78 is -0.0668. The lowest BCUT2D eigenvalue weighted by Gasteiger charge is -2.20. The molecule has 0 heterocycles. The Morgan fingerprint density at radius 3 is 1.35 bits per heavy atom. The van der Waals surface area contributed by atoms with E-state index in [-0.39, 0.29) is 3.23 Å². The Kier molecular flexibility index (Phi) is 4.41. The average molecular weight is 354 g/mol. The van der Waals surface area contributed by atoms with Crippen LogP contribution in [0.25, 0.3) is 0 Å². The molecule has 2 aromatic carbocycles. The molecule has 0 aromatic heterocycles. The minimum absolute atomic E-state index is 0.0668. The molecule has 0 bridgehead atoms. The summed E-state index contributed by atoms with van der Waals surface area (Å²) in [5.41, 5.74) is 2.66. The largest absolute Gasteiger partial charge is 0.0885 e. The molecule has 0 unspecified atom stereocenters. The van der Waals surface area contributed by atoms with Crippen LogP contribution in [0.3, 0.4) is 0 Å². The van der Waals surface area contributed by atoms with Crippen LogP contribution in [0.15, 0.2) is 60.7 Å². The van der Waals surface area contributed by atoms with Gasteiger partial charge in [0.05, 0.1) is 3.23 Å². The zero-order valence-electron chi connectivity index (χ0n) is 9.44. The summed E-state index contributed by atoms with van der Waals surface area (Å²) in [6.45, 7) is 0. The minimum atomic E-state index is -0.0668. The number of alkyl halides is 2. The van der Waals surface area contributed by atoms with Gasteiger partial charge < -0.3 is 0 Å². The van der Waals surface area contributed by atoms with Crippen LogP contribution in [0.4, 0.5) is 0 Å². The van der Waals surface area contributed by atoms with Crippen LogP contribution in [0.1, 0.15) is 11.1 Å². The highest BCUT2D eigenvalue weighted by Crippen LogP contribution is 2.34. The maximum atomic E-state index is 3.77. The second-order valence-corrected chi connectivity index (χ2v) is 8.28. The minimum Gasteiger partial charge on any atom is -0.0720 e. The fourth-order valence-electron chi connectivity index (χ4n) is 1.85. The van der Waals surface area contributed by atoms with Gasteiger partial charge in [0.2, 0.25) is 0 Å². The SMILES string of the molecule is BrC(Br)(Cc1ccccc1)Cc1ccccc1. The van der Waals surface area contributed by atoms with E-state index in [0.717, 1.165) is 12.8 Å². The average Bonchev–Trinajstić information content (AvgIpc) is 2.30. The Hall–Kier alpha value is -0.600. The van der Waals surface area contributed by atoms with Gasteiger partial charge in [-0.3, -0.25) is 0 Å². The first-order valence-corrected chi connectivity index (χ1v) is 7.20. The number of benzene rings is 2. The molecule has 0 aliphatic carbocycles. The smallest absolute Gasteiger partial charge is 0.0720 e. The molecular formula is C15H14Br2. The quantitative estimate of drug-likeness (QED) is 0.681. The molecule has 0 N–H and O–H groups in total. The van der Waals surface area contributed by atoms with Crippen molar-refractivity contribution in [1.29, 1.82) is 0 Å². The molecule has 0 spiro atoms. The van der Waals surface area contributed by atoms with Gasteiger partial charge in [0.25, 0.3) is 0 Å². The van der Waals surface area contributed by atoms with Crippen molar-refractivity contribution in [2.75, 3.05) is 0 Å². The highest BCUT2D eigenvalue weighted by Gasteiger charge is 2.23. The molecule has 0 nitrogen and oxygen atoms in total. The van der Waals surface area contributed by atoms with E-state index in [9.17, 15) is 0 Å². The lowest BCUT2D eigenvalue weighted by atomic mass is 10.0. The van der Waals surface area contributed by atoms with Crippen molar-refractivity contribution in [2.45, 2.75) is 16.1 Å². The highest BCUT2D eigenvalue weighted by atomic mass is 79.9. The first kappa shape index (κ1) is 12.8. The van der Waals surface area contributed by atoms with E-state index in [1.54, 1.807) is 0 Å². The predicted octanol–water partition coefficient (Wildman–Crippen LogP) is 4.96. The third kappa shape index (κ3) is 4.29. The topological polar surface area (TPSA) is 0 Å². The van der Waals surface area contributed by atoms with E-state index in [4.69, 9.17) is 0 Å². The lowest BCUT2D eigenvalue weighted by Crippen LogP contribution is -2.18. The van der Waals surface area contributed by atoms with Crippen LogP contribution in [0, 0.1) is 0 Å². The summed E-state index contributed by atoms with van der Waals surface area (Å²) in [6, 6.07) is 21.0. The number of hydrogen-bond donors (Lipinski definition) is 0. The fraction of sp³-hybridized carbons (Fsp3) is 0.200. The third-order valence-electron chi connectivity index (χ3n) is 2.61. The van der Waals surface area contributed by atoms with E-state index in [1.165, 1.54) is 11.1 Å². The number of halogens is 2. The van der Waals surface area contributed by atoms with Gasteiger partial charge in [-0.2, -0.15) is 0 Å². The summed E-state index contributed by atoms with van der Waals surface area (Å²) in [7, 11) is 0. The molecule has 0 saturated carbocycles. The van der Waals surface area contributed by atoms with Gasteiger partial charge in [-0.1, -0.05) is 92.5 Å². The van der Waals surface area contributed by atoms with Crippen LogP contribution in [-0.2, 0) is 12.8 Å². The van der Waals surface area contributed by atoms with E-state index < -0.39 is 0 Å². The molecule has 88 valence electrons. The molecule has 0 atom stereocenters. The zero-order valence-corrected chi connectivity index (χ0v) is 12.6. The molecule has 0 fully saturated rings. The van der Waals surface area contributed by atoms with Gasteiger partial charge >= 0.3 is 0 Å². The van der Waals surface area contributed by atoms with E-state index in [2.05, 4.69) is 80.4 Å². The zero-order chi connectivity index (χ0) is 12.1. The first-order chi connectivity index (χ1) is 8.16. The normalized spacial score (nSPS) is 11.4. The molecule has 2 heteroatoms. The second-order valence-electron chi connectivity index (χ2n) is 4.18. The van der Waals surface area contributed by atoms with Crippen molar-refractivity contribution in [3.8, 4) is 0 Å². The Morgan fingerprint density at radius 1 is 0.647 bits per heavy atom. The molecule has 17 heavy (non-hydrogen) atoms. The highest BCUT2D eigenvalue weighted by molar-refractivity contribution is 9.25. The van der Waals surface area contributed by atoms with Crippen molar-refractivity contribution < 1.29 is 0 Å². The van der Waals surface area contributed by atoms with Gasteiger partial charge in [-0.25, -0.2) is 0 Å². The number of rotatable bonds is 4. The maximum absolute atomic E-state index is 3.77. The fourth-order valence-corrected chi connectivity index (χ4v) is 3.15. The lowest BCUT2D eigenvalue weighted by molar-refractivity contribution is 0.814. The molecule has 0 radical (unpaired) electrons. The predicted molar refractivity (Wildman–Crippen MR) is 80.9 cm³/mol. The Balaban J connectivity index is 2.04. The molecule has 0 saturated heterocycles. The molecule has 0 amide bonds. The van der Waals surface area contributed by atoms with Crippen molar-refractivity contribution >= 4 is 31.9 Å². The van der Waals surface area contributed by atoms with Crippen LogP contribution in [-0.4, -0.2) is 3.23 Å². The van der Waals surface area contributed by atoms with E-state index in [0.29, 0.717) is 0 Å². The number of hydrogen-bond acceptors (Lipinski definition) is 0. The second kappa shape index (κ2) is 5.83. The first-order valence-electron chi connectivity index (χ1n) is 5.61. The van der Waals surface area contributed by atoms with Crippen LogP contribution < -0.4 is 0 Å². The van der Waals surface area contributed by atoms with Gasteiger partial charge in [0, 0.05) is 0 Å². The van der Waals surface area contributed by atoms with Crippen molar-refractivity contribution in [3.05, 3.63) is 71.8 Å². The van der Waals surface area contributed by atoms with Crippen LogP contribution in [0.2, 0.25) is 0 Å². The van der Waals surface area contributed by atoms with Crippen molar-refractivity contribution in [3.63, 3.8) is 0 Å². The molecular weight excluding hydrogens is 340 g/mol. The third-order valence-corrected chi connectivity index (χ3v) is 3.73. The Bertz CT molecular complexity index is 405. The molecule has 2 rings (SSSR count). The summed E-state index contributed by atoms with van der Waals surface area (Å²) in [5, 5.41) is 0. The van der Waals surface area contributed by atoms with E-state index in [1.807, 2.05) is 12.1 Å². The standard InChI is InChI=1S/C15H14Br2/c16-15(17,11-13-7-3-1-4-8-13)12-14-9-5-2-6-10-14/h1-10H,11-12H2. The summed E-state index contributed by atoms with van der Waals surface area (Å²) in [4.78, 5) is 0. The summed E-state index contributed by atoms with van der Waals surface area (Å²) in [6.07, 6.45) is 1.92. The van der Waals surface area contributed by atoms with Gasteiger partial charge in [-0.15, -0.1) is 0 Å². The summed E-state index contributed by atoms with van der Waals surface area (Å²) in [5.74, 6) is 0. The Morgan fingerprint density at radius 2 is 1.00 bits per heavy atom. The Labute approximate surface area is 119 Å². The van der Waals surface area contributed by atoms with Gasteiger partial charge in [0.1, 0.15) is 0 Å².